The summed E-state index contributed by atoms with van der Waals surface area (Å²) in [5, 5.41) is 7.13. The van der Waals surface area contributed by atoms with Crippen LogP contribution < -0.4 is 24.7 Å². The van der Waals surface area contributed by atoms with Crippen molar-refractivity contribution in [3.8, 4) is 61.7 Å². The number of imidazole rings is 1. The molecule has 3 aliphatic rings. The Morgan fingerprint density at radius 1 is 0.662 bits per heavy atom. The molecule has 0 radical (unpaired) electrons. The van der Waals surface area contributed by atoms with Crippen LogP contribution in [0.25, 0.3) is 89.2 Å². The average molecular weight is 1040 g/mol. The highest BCUT2D eigenvalue weighted by atomic mass is 28.3. The summed E-state index contributed by atoms with van der Waals surface area (Å²) in [6, 6.07) is 68.1. The van der Waals surface area contributed by atoms with Crippen LogP contribution in [-0.4, -0.2) is 20.7 Å². The Hall–Kier alpha value is -7.19. The van der Waals surface area contributed by atoms with Gasteiger partial charge in [-0.15, -0.1) is 0 Å². The van der Waals surface area contributed by atoms with E-state index >= 15 is 0 Å². The lowest BCUT2D eigenvalue weighted by Crippen LogP contribution is -2.54. The van der Waals surface area contributed by atoms with Gasteiger partial charge in [0.2, 0.25) is 5.69 Å². The molecule has 0 N–H and O–H groups in total. The monoisotopic (exact) mass is 1040 g/mol. The third-order valence-electron chi connectivity index (χ3n) is 17.8. The van der Waals surface area contributed by atoms with Gasteiger partial charge in [-0.05, 0) is 133 Å². The first kappa shape index (κ1) is 49.4. The van der Waals surface area contributed by atoms with Crippen molar-refractivity contribution < 1.29 is 9.13 Å². The first-order chi connectivity index (χ1) is 37.0. The molecule has 0 fully saturated rings. The van der Waals surface area contributed by atoms with Crippen LogP contribution >= 0.6 is 0 Å². The van der Waals surface area contributed by atoms with Gasteiger partial charge >= 0.3 is 0 Å². The average Bonchev–Trinajstić information content (AvgIpc) is 4.11. The van der Waals surface area contributed by atoms with Crippen LogP contribution in [0, 0.1) is 5.92 Å². The maximum Gasteiger partial charge on any atom is 0.300 e. The molecule has 2 unspecified atom stereocenters. The summed E-state index contributed by atoms with van der Waals surface area (Å²) in [5.74, 6) is 2.00. The molecule has 0 aliphatic carbocycles. The number of benzene rings is 8. The van der Waals surface area contributed by atoms with Gasteiger partial charge in [0.25, 0.3) is 5.82 Å². The molecule has 0 bridgehead atoms. The summed E-state index contributed by atoms with van der Waals surface area (Å²) in [6.45, 7) is 30.0. The van der Waals surface area contributed by atoms with Gasteiger partial charge in [-0.2, -0.15) is 13.7 Å². The van der Waals surface area contributed by atoms with E-state index in [4.69, 9.17) is 6.58 Å². The second kappa shape index (κ2) is 18.2. The first-order valence-corrected chi connectivity index (χ1v) is 34.9. The van der Waals surface area contributed by atoms with E-state index in [-0.39, 0.29) is 17.4 Å². The highest BCUT2D eigenvalue weighted by Gasteiger charge is 2.47. The lowest BCUT2D eigenvalue weighted by Gasteiger charge is -2.33. The highest BCUT2D eigenvalue weighted by Crippen LogP contribution is 2.49. The number of aromatic nitrogens is 3. The molecule has 3 nitrogen and oxygen atoms in total. The van der Waals surface area contributed by atoms with Crippen molar-refractivity contribution in [2.75, 3.05) is 0 Å². The molecule has 77 heavy (non-hydrogen) atoms. The molecule has 0 amide bonds. The lowest BCUT2D eigenvalue weighted by atomic mass is 9.77. The molecule has 5 heterocycles. The normalized spacial score (nSPS) is 16.6. The molecule has 5 heteroatoms. The fourth-order valence-corrected chi connectivity index (χ4v) is 18.8. The molecule has 0 saturated carbocycles. The van der Waals surface area contributed by atoms with E-state index in [2.05, 4.69) is 263 Å². The molecule has 382 valence electrons. The molecular weight excluding hydrogens is 963 g/mol. The number of nitrogens with zero attached hydrogens (tertiary/aromatic N) is 3. The van der Waals surface area contributed by atoms with Gasteiger partial charge in [0.15, 0.2) is 23.3 Å². The fourth-order valence-electron chi connectivity index (χ4n) is 14.0. The Balaban J connectivity index is 1.20. The predicted octanol–water partition coefficient (Wildman–Crippen LogP) is 16.0. The predicted molar refractivity (Wildman–Crippen MR) is 332 cm³/mol. The molecular formula is C72H73N3Si2+2. The molecule has 13 rings (SSSR count). The van der Waals surface area contributed by atoms with Gasteiger partial charge < -0.3 is 0 Å². The summed E-state index contributed by atoms with van der Waals surface area (Å²) in [6.07, 6.45) is 6.48. The molecule has 10 aromatic rings. The van der Waals surface area contributed by atoms with E-state index in [0.717, 1.165) is 31.4 Å². The smallest absolute Gasteiger partial charge is 0.195 e. The van der Waals surface area contributed by atoms with E-state index < -0.39 is 16.1 Å². The number of aryl methyl sites for hydroxylation is 1. The summed E-state index contributed by atoms with van der Waals surface area (Å²) >= 11 is 0. The minimum Gasteiger partial charge on any atom is -0.195 e. The van der Waals surface area contributed by atoms with Crippen molar-refractivity contribution in [1.82, 2.24) is 4.57 Å². The first-order valence-electron chi connectivity index (χ1n) is 28.4. The fraction of sp³-hybridized carbons (Fsp3) is 0.250. The largest absolute Gasteiger partial charge is 0.300 e. The summed E-state index contributed by atoms with van der Waals surface area (Å²) in [4.78, 5) is 0. The molecule has 3 aliphatic heterocycles. The highest BCUT2D eigenvalue weighted by molar-refractivity contribution is 7.03. The Morgan fingerprint density at radius 2 is 1.30 bits per heavy atom. The van der Waals surface area contributed by atoms with E-state index in [1.165, 1.54) is 111 Å². The van der Waals surface area contributed by atoms with Crippen LogP contribution in [0.1, 0.15) is 81.7 Å². The summed E-state index contributed by atoms with van der Waals surface area (Å²) in [5.41, 5.74) is 22.0. The SMILES string of the molecule is C=C1CC2C(CCc3cc4c(cc3-c3n(-c5c(-c6ccccc6)cc(C(C)(C)C)cc5-c5ccccc5)c5ccc6ccccc6c5[n+]31)-c1ccccc1[Si]4(C)C)c1ccccc1-c1cc(CC(C)C)c([Si](C)(C)C)c[n+]12. The van der Waals surface area contributed by atoms with Crippen molar-refractivity contribution in [3.63, 3.8) is 0 Å². The standard InChI is InChI=1S/C72H73N3Si2/c1-46(2)38-52-40-65-56-31-21-20-30-55(56)57-36-34-51-41-67-62(58-32-22-23-33-66(58)77(67,10)11)44-61(51)71-74(47(3)39-64(57)73(65)45-68(52)76(7,8)9)70-54-29-19-18-28-50(54)35-37-63(70)75(71)69-59(48-24-14-12-15-25-48)42-53(72(4,5)6)43-60(69)49-26-16-13-17-27-49/h12-33,35,37,40-46,57,64H,3,34,36,38-39H2,1-2,4-11H3/q+2. The van der Waals surface area contributed by atoms with Crippen molar-refractivity contribution in [2.24, 2.45) is 5.92 Å². The minimum absolute atomic E-state index is 0.111. The number of rotatable bonds is 6. The van der Waals surface area contributed by atoms with Crippen LogP contribution in [0.4, 0.5) is 0 Å². The number of fused-ring (bicyclic) bond motifs is 16. The zero-order chi connectivity index (χ0) is 53.3. The van der Waals surface area contributed by atoms with Crippen molar-refractivity contribution >= 4 is 59.2 Å². The molecule has 0 saturated heterocycles. The van der Waals surface area contributed by atoms with E-state index in [1.807, 2.05) is 0 Å². The third-order valence-corrected chi connectivity index (χ3v) is 23.4. The number of hydrogen-bond donors (Lipinski definition) is 0. The zero-order valence-corrected chi connectivity index (χ0v) is 48.9. The Labute approximate surface area is 459 Å². The second-order valence-corrected chi connectivity index (χ2v) is 35.1. The maximum atomic E-state index is 5.41. The number of hydrogen-bond acceptors (Lipinski definition) is 0. The topological polar surface area (TPSA) is 12.7 Å². The maximum absolute atomic E-state index is 5.41. The van der Waals surface area contributed by atoms with E-state index in [9.17, 15) is 0 Å². The zero-order valence-electron chi connectivity index (χ0n) is 46.9. The van der Waals surface area contributed by atoms with Crippen molar-refractivity contribution in [1.29, 1.82) is 0 Å². The molecule has 2 aromatic heterocycles. The second-order valence-electron chi connectivity index (χ2n) is 25.7. The summed E-state index contributed by atoms with van der Waals surface area (Å²) < 4.78 is 8.14. The third kappa shape index (κ3) is 8.01. The molecule has 0 spiro atoms. The van der Waals surface area contributed by atoms with Gasteiger partial charge in [0.1, 0.15) is 19.5 Å². The van der Waals surface area contributed by atoms with E-state index in [0.29, 0.717) is 5.92 Å². The van der Waals surface area contributed by atoms with Gasteiger partial charge in [-0.1, -0.05) is 201 Å². The Bertz CT molecular complexity index is 3970. The Kier molecular flexibility index (Phi) is 11.7. The molecule has 2 atom stereocenters. The van der Waals surface area contributed by atoms with Crippen molar-refractivity contribution in [3.05, 3.63) is 211 Å². The van der Waals surface area contributed by atoms with Crippen molar-refractivity contribution in [2.45, 2.75) is 110 Å². The van der Waals surface area contributed by atoms with Crippen LogP contribution in [0.5, 0.6) is 0 Å². The van der Waals surface area contributed by atoms with E-state index in [1.54, 1.807) is 10.4 Å². The molecule has 8 aromatic carbocycles. The van der Waals surface area contributed by atoms with Crippen LogP contribution in [0.15, 0.2) is 189 Å². The number of allylic oxidation sites excluding steroid dienone is 1. The van der Waals surface area contributed by atoms with Gasteiger partial charge in [-0.3, -0.25) is 0 Å². The van der Waals surface area contributed by atoms with Gasteiger partial charge in [0, 0.05) is 39.2 Å². The quantitative estimate of drug-likeness (QED) is 0.116. The van der Waals surface area contributed by atoms with Crippen LogP contribution in [-0.2, 0) is 18.3 Å². The van der Waals surface area contributed by atoms with Gasteiger partial charge in [-0.25, -0.2) is 0 Å². The number of pyridine rings is 1. The minimum atomic E-state index is -2.09. The van der Waals surface area contributed by atoms with Gasteiger partial charge in [0.05, 0.1) is 20.1 Å². The van der Waals surface area contributed by atoms with Crippen LogP contribution in [0.3, 0.4) is 0 Å². The van der Waals surface area contributed by atoms with Crippen LogP contribution in [0.2, 0.25) is 32.7 Å². The lowest BCUT2D eigenvalue weighted by molar-refractivity contribution is -0.719. The Morgan fingerprint density at radius 3 is 1.97 bits per heavy atom. The summed E-state index contributed by atoms with van der Waals surface area (Å²) in [7, 11) is -3.88.